The summed E-state index contributed by atoms with van der Waals surface area (Å²) in [5.74, 6) is -0.790. The second kappa shape index (κ2) is 6.28. The van der Waals surface area contributed by atoms with Crippen LogP contribution in [0.5, 0.6) is 0 Å². The molecule has 9 heteroatoms. The Morgan fingerprint density at radius 1 is 1.38 bits per heavy atom. The summed E-state index contributed by atoms with van der Waals surface area (Å²) in [6, 6.07) is 6.00. The highest BCUT2D eigenvalue weighted by Gasteiger charge is 2.14. The van der Waals surface area contributed by atoms with Crippen molar-refractivity contribution < 1.29 is 14.5 Å². The smallest absolute Gasteiger partial charge is 0.278 e. The first-order valence-electron chi connectivity index (χ1n) is 5.88. The van der Waals surface area contributed by atoms with Gasteiger partial charge in [-0.15, -0.1) is 0 Å². The van der Waals surface area contributed by atoms with Crippen LogP contribution in [0.25, 0.3) is 0 Å². The van der Waals surface area contributed by atoms with Gasteiger partial charge in [0.2, 0.25) is 5.91 Å². The summed E-state index contributed by atoms with van der Waals surface area (Å²) >= 11 is 0. The van der Waals surface area contributed by atoms with Gasteiger partial charge in [-0.3, -0.25) is 25.1 Å². The molecule has 0 unspecified atom stereocenters. The average Bonchev–Trinajstić information content (AvgIpc) is 2.84. The molecule has 0 radical (unpaired) electrons. The van der Waals surface area contributed by atoms with E-state index < -0.39 is 10.8 Å². The first kappa shape index (κ1) is 14.2. The number of hydrogen-bond donors (Lipinski definition) is 3. The van der Waals surface area contributed by atoms with Crippen LogP contribution < -0.4 is 16.3 Å². The number of hydrogen-bond acceptors (Lipinski definition) is 6. The second-order valence-corrected chi connectivity index (χ2v) is 4.07. The minimum absolute atomic E-state index is 0.0846. The molecule has 2 amide bonds. The molecule has 1 saturated heterocycles. The Hall–Kier alpha value is -3.23. The highest BCUT2D eigenvalue weighted by Crippen LogP contribution is 2.14. The van der Waals surface area contributed by atoms with Crippen molar-refractivity contribution in [2.75, 3.05) is 0 Å². The van der Waals surface area contributed by atoms with E-state index in [1.54, 1.807) is 6.07 Å². The van der Waals surface area contributed by atoms with Crippen molar-refractivity contribution in [2.24, 2.45) is 5.10 Å². The third kappa shape index (κ3) is 3.86. The number of nitrogens with one attached hydrogen (secondary N) is 3. The summed E-state index contributed by atoms with van der Waals surface area (Å²) in [4.78, 5) is 32.6. The molecule has 0 spiro atoms. The van der Waals surface area contributed by atoms with E-state index in [1.807, 2.05) is 0 Å². The third-order valence-electron chi connectivity index (χ3n) is 2.53. The van der Waals surface area contributed by atoms with Gasteiger partial charge < -0.3 is 5.43 Å². The summed E-state index contributed by atoms with van der Waals surface area (Å²) in [6.45, 7) is 0. The number of nitro groups is 1. The Balaban J connectivity index is 1.98. The zero-order valence-corrected chi connectivity index (χ0v) is 10.7. The lowest BCUT2D eigenvalue weighted by Crippen LogP contribution is -2.25. The molecular weight excluding hydrogens is 278 g/mol. The monoisotopic (exact) mass is 289 g/mol. The summed E-state index contributed by atoms with van der Waals surface area (Å²) in [5, 5.41) is 14.4. The van der Waals surface area contributed by atoms with Crippen LogP contribution >= 0.6 is 0 Å². The van der Waals surface area contributed by atoms with Crippen LogP contribution in [0.2, 0.25) is 0 Å². The number of amides is 2. The first-order valence-corrected chi connectivity index (χ1v) is 5.88. The Morgan fingerprint density at radius 3 is 2.81 bits per heavy atom. The standard InChI is InChI=1S/C12H11N5O4/c18-11(5-9-6-12(19)16-14-9)15-13-7-8-3-1-2-4-10(8)17(20)21/h1-5,7,14H,6H2,(H,15,18)(H,16,19). The van der Waals surface area contributed by atoms with Crippen molar-refractivity contribution in [2.45, 2.75) is 6.42 Å². The quantitative estimate of drug-likeness (QED) is 0.310. The zero-order valence-electron chi connectivity index (χ0n) is 10.7. The van der Waals surface area contributed by atoms with Crippen LogP contribution in [-0.2, 0) is 9.59 Å². The van der Waals surface area contributed by atoms with E-state index >= 15 is 0 Å². The van der Waals surface area contributed by atoms with E-state index in [-0.39, 0.29) is 23.6 Å². The topological polar surface area (TPSA) is 126 Å². The van der Waals surface area contributed by atoms with Gasteiger partial charge in [-0.25, -0.2) is 5.43 Å². The largest absolute Gasteiger partial charge is 0.302 e. The van der Waals surface area contributed by atoms with Crippen LogP contribution in [-0.4, -0.2) is 23.0 Å². The van der Waals surface area contributed by atoms with Crippen molar-refractivity contribution >= 4 is 23.7 Å². The lowest BCUT2D eigenvalue weighted by Gasteiger charge is -1.98. The molecule has 0 aliphatic carbocycles. The van der Waals surface area contributed by atoms with Crippen molar-refractivity contribution in [1.82, 2.24) is 16.3 Å². The summed E-state index contributed by atoms with van der Waals surface area (Å²) in [6.07, 6.45) is 2.44. The van der Waals surface area contributed by atoms with Gasteiger partial charge in [-0.05, 0) is 6.07 Å². The van der Waals surface area contributed by atoms with E-state index in [2.05, 4.69) is 21.4 Å². The van der Waals surface area contributed by atoms with Gasteiger partial charge in [0.15, 0.2) is 0 Å². The number of nitrogens with zero attached hydrogens (tertiary/aromatic N) is 2. The van der Waals surface area contributed by atoms with E-state index in [4.69, 9.17) is 0 Å². The Morgan fingerprint density at radius 2 is 2.14 bits per heavy atom. The van der Waals surface area contributed by atoms with Crippen LogP contribution in [0.15, 0.2) is 41.1 Å². The molecule has 2 rings (SSSR count). The molecule has 21 heavy (non-hydrogen) atoms. The molecule has 0 bridgehead atoms. The van der Waals surface area contributed by atoms with E-state index in [1.165, 1.54) is 30.5 Å². The number of rotatable bonds is 4. The fourth-order valence-corrected chi connectivity index (χ4v) is 1.62. The molecule has 3 N–H and O–H groups in total. The van der Waals surface area contributed by atoms with E-state index in [0.717, 1.165) is 0 Å². The fraction of sp³-hybridized carbons (Fsp3) is 0.0833. The minimum atomic E-state index is -0.552. The van der Waals surface area contributed by atoms with Gasteiger partial charge in [0.05, 0.1) is 23.1 Å². The Kier molecular flexibility index (Phi) is 4.24. The fourth-order valence-electron chi connectivity index (χ4n) is 1.62. The van der Waals surface area contributed by atoms with Gasteiger partial charge in [-0.2, -0.15) is 5.10 Å². The predicted octanol–water partition coefficient (Wildman–Crippen LogP) is -0.0467. The number of hydrazine groups is 1. The highest BCUT2D eigenvalue weighted by molar-refractivity contribution is 5.92. The van der Waals surface area contributed by atoms with Crippen LogP contribution in [0.3, 0.4) is 0 Å². The molecule has 0 atom stereocenters. The van der Waals surface area contributed by atoms with Crippen molar-refractivity contribution in [1.29, 1.82) is 0 Å². The maximum atomic E-state index is 11.5. The lowest BCUT2D eigenvalue weighted by atomic mass is 10.2. The number of hydrazone groups is 1. The first-order chi connectivity index (χ1) is 10.1. The molecule has 1 aliphatic heterocycles. The number of nitro benzene ring substituents is 1. The number of carbonyl (C=O) groups excluding carboxylic acids is 2. The van der Waals surface area contributed by atoms with Gasteiger partial charge >= 0.3 is 0 Å². The average molecular weight is 289 g/mol. The number of para-hydroxylation sites is 1. The van der Waals surface area contributed by atoms with Crippen molar-refractivity contribution in [3.63, 3.8) is 0 Å². The van der Waals surface area contributed by atoms with Gasteiger partial charge in [0.1, 0.15) is 0 Å². The van der Waals surface area contributed by atoms with Gasteiger partial charge in [0, 0.05) is 17.8 Å². The second-order valence-electron chi connectivity index (χ2n) is 4.07. The van der Waals surface area contributed by atoms with Gasteiger partial charge in [0.25, 0.3) is 11.6 Å². The number of benzene rings is 1. The van der Waals surface area contributed by atoms with E-state index in [0.29, 0.717) is 5.70 Å². The van der Waals surface area contributed by atoms with Crippen LogP contribution in [0, 0.1) is 10.1 Å². The molecular formula is C12H11N5O4. The summed E-state index contributed by atoms with van der Waals surface area (Å²) < 4.78 is 0. The molecule has 1 heterocycles. The van der Waals surface area contributed by atoms with Gasteiger partial charge in [-0.1, -0.05) is 12.1 Å². The summed E-state index contributed by atoms with van der Waals surface area (Å²) in [5.41, 5.74) is 7.62. The normalized spacial score (nSPS) is 15.8. The third-order valence-corrected chi connectivity index (χ3v) is 2.53. The molecule has 0 saturated carbocycles. The molecule has 1 fully saturated rings. The van der Waals surface area contributed by atoms with Crippen molar-refractivity contribution in [3.05, 3.63) is 51.7 Å². The lowest BCUT2D eigenvalue weighted by molar-refractivity contribution is -0.385. The van der Waals surface area contributed by atoms with E-state index in [9.17, 15) is 19.7 Å². The summed E-state index contributed by atoms with van der Waals surface area (Å²) in [7, 11) is 0. The van der Waals surface area contributed by atoms with Crippen molar-refractivity contribution in [3.8, 4) is 0 Å². The zero-order chi connectivity index (χ0) is 15.2. The van der Waals surface area contributed by atoms with Crippen LogP contribution in [0.1, 0.15) is 12.0 Å². The minimum Gasteiger partial charge on any atom is -0.302 e. The Bertz CT molecular complexity index is 653. The maximum Gasteiger partial charge on any atom is 0.278 e. The molecule has 1 aliphatic rings. The predicted molar refractivity (Wildman–Crippen MR) is 72.8 cm³/mol. The molecule has 108 valence electrons. The molecule has 9 nitrogen and oxygen atoms in total. The molecule has 1 aromatic carbocycles. The number of carbonyl (C=O) groups is 2. The SMILES string of the molecule is O=C(C=C1CC(=O)NN1)NN=Cc1ccccc1[N+](=O)[O-]. The molecule has 0 aromatic heterocycles. The highest BCUT2D eigenvalue weighted by atomic mass is 16.6. The van der Waals surface area contributed by atoms with Crippen LogP contribution in [0.4, 0.5) is 5.69 Å². The maximum absolute atomic E-state index is 11.5. The Labute approximate surface area is 118 Å². The molecule has 1 aromatic rings.